The smallest absolute Gasteiger partial charge is 0.274 e. The molecule has 1 amide bonds. The van der Waals surface area contributed by atoms with Gasteiger partial charge in [-0.1, -0.05) is 0 Å². The lowest BCUT2D eigenvalue weighted by Crippen LogP contribution is -2.26. The Labute approximate surface area is 198 Å². The van der Waals surface area contributed by atoms with E-state index in [1.807, 2.05) is 6.07 Å². The number of fused-ring (bicyclic) bond motifs is 3. The zero-order valence-corrected chi connectivity index (χ0v) is 18.9. The molecule has 178 valence electrons. The molecule has 1 aromatic carbocycles. The molecule has 8 nitrogen and oxygen atoms in total. The molecule has 6 rings (SSSR count). The molecule has 0 unspecified atom stereocenters. The molecule has 4 aromatic rings. The largest absolute Gasteiger partial charge is 0.356 e. The van der Waals surface area contributed by atoms with E-state index in [0.717, 1.165) is 39.9 Å². The Balaban J connectivity index is 1.63. The summed E-state index contributed by atoms with van der Waals surface area (Å²) in [6.45, 7) is 1.64. The molecule has 2 aliphatic heterocycles. The lowest BCUT2D eigenvalue weighted by molar-refractivity contribution is 0.0777. The van der Waals surface area contributed by atoms with Crippen molar-refractivity contribution in [3.63, 3.8) is 0 Å². The van der Waals surface area contributed by atoms with Crippen molar-refractivity contribution in [3.05, 3.63) is 75.5 Å². The van der Waals surface area contributed by atoms with E-state index in [9.17, 15) is 18.4 Å². The van der Waals surface area contributed by atoms with Crippen molar-refractivity contribution in [1.29, 1.82) is 0 Å². The highest BCUT2D eigenvalue weighted by Crippen LogP contribution is 2.45. The standard InChI is InChI=1S/C25H22F2N6O2/c1-31-12-18-17-5-13-10-32(4-2-3-28)24(34)16(13)7-20(17)33(23-19(27)6-15(26)9-30-23)11-14-8-29-22(21(14)18)25(31)35/h5-9,12,29H,2-4,10-11,28H2,1H3. The number of benzene rings is 1. The summed E-state index contributed by atoms with van der Waals surface area (Å²) in [6, 6.07) is 4.48. The molecular weight excluding hydrogens is 454 g/mol. The molecule has 0 spiro atoms. The van der Waals surface area contributed by atoms with E-state index in [1.54, 1.807) is 35.3 Å². The quantitative estimate of drug-likeness (QED) is 0.471. The first-order valence-corrected chi connectivity index (χ1v) is 11.3. The average molecular weight is 476 g/mol. The minimum Gasteiger partial charge on any atom is -0.356 e. The van der Waals surface area contributed by atoms with Crippen molar-refractivity contribution in [1.82, 2.24) is 19.4 Å². The highest BCUT2D eigenvalue weighted by atomic mass is 19.1. The van der Waals surface area contributed by atoms with Gasteiger partial charge in [0.1, 0.15) is 11.3 Å². The van der Waals surface area contributed by atoms with Gasteiger partial charge in [-0.05, 0) is 36.2 Å². The number of aryl methyl sites for hydroxylation is 1. The maximum Gasteiger partial charge on any atom is 0.274 e. The van der Waals surface area contributed by atoms with Gasteiger partial charge in [0.25, 0.3) is 11.5 Å². The number of aromatic amines is 1. The van der Waals surface area contributed by atoms with Crippen LogP contribution in [0.15, 0.2) is 41.6 Å². The van der Waals surface area contributed by atoms with Gasteiger partial charge in [-0.2, -0.15) is 0 Å². The molecule has 10 heteroatoms. The molecule has 5 heterocycles. The second-order valence-corrected chi connectivity index (χ2v) is 8.96. The van der Waals surface area contributed by atoms with Crippen molar-refractivity contribution >= 4 is 28.3 Å². The number of hydrogen-bond acceptors (Lipinski definition) is 5. The summed E-state index contributed by atoms with van der Waals surface area (Å²) in [5, 5.41) is 0.739. The van der Waals surface area contributed by atoms with E-state index in [2.05, 4.69) is 9.97 Å². The van der Waals surface area contributed by atoms with Crippen LogP contribution < -0.4 is 16.2 Å². The number of amides is 1. The van der Waals surface area contributed by atoms with Crippen molar-refractivity contribution in [2.75, 3.05) is 18.0 Å². The summed E-state index contributed by atoms with van der Waals surface area (Å²) in [6.07, 6.45) is 5.13. The number of carbonyl (C=O) groups is 1. The van der Waals surface area contributed by atoms with E-state index in [1.165, 1.54) is 4.57 Å². The van der Waals surface area contributed by atoms with Crippen LogP contribution in [0.4, 0.5) is 20.3 Å². The molecule has 3 aromatic heterocycles. The summed E-state index contributed by atoms with van der Waals surface area (Å²) in [5.41, 5.74) is 10.1. The number of nitrogens with two attached hydrogens (primary N) is 1. The zero-order chi connectivity index (χ0) is 24.4. The number of aromatic nitrogens is 3. The van der Waals surface area contributed by atoms with Crippen molar-refractivity contribution in [2.24, 2.45) is 12.8 Å². The molecule has 2 aliphatic rings. The van der Waals surface area contributed by atoms with E-state index in [-0.39, 0.29) is 23.8 Å². The maximum atomic E-state index is 15.0. The third-order valence-corrected chi connectivity index (χ3v) is 6.77. The number of carbonyl (C=O) groups excluding carboxylic acids is 1. The number of rotatable bonds is 4. The molecule has 35 heavy (non-hydrogen) atoms. The Morgan fingerprint density at radius 2 is 1.91 bits per heavy atom. The van der Waals surface area contributed by atoms with E-state index < -0.39 is 11.6 Å². The topological polar surface area (TPSA) is 100 Å². The van der Waals surface area contributed by atoms with Gasteiger partial charge in [0.2, 0.25) is 0 Å². The third-order valence-electron chi connectivity index (χ3n) is 6.77. The lowest BCUT2D eigenvalue weighted by atomic mass is 9.96. The van der Waals surface area contributed by atoms with Gasteiger partial charge in [0.15, 0.2) is 11.6 Å². The molecule has 0 saturated heterocycles. The third kappa shape index (κ3) is 3.17. The molecule has 0 fully saturated rings. The van der Waals surface area contributed by atoms with Crippen LogP contribution >= 0.6 is 0 Å². The minimum absolute atomic E-state index is 0.0630. The summed E-state index contributed by atoms with van der Waals surface area (Å²) in [5.74, 6) is -1.78. The average Bonchev–Trinajstić information content (AvgIpc) is 3.35. The van der Waals surface area contributed by atoms with Crippen LogP contribution in [0.25, 0.3) is 22.0 Å². The lowest BCUT2D eigenvalue weighted by Gasteiger charge is -2.25. The Hall–Kier alpha value is -4.05. The SMILES string of the molecule is Cn1cc2c3c(c[nH]c3c1=O)CN(c1ncc(F)cc1F)c1cc3c(cc1-2)CN(CCCN)C3=O. The van der Waals surface area contributed by atoms with E-state index >= 15 is 0 Å². The van der Waals surface area contributed by atoms with Crippen LogP contribution in [-0.2, 0) is 20.1 Å². The van der Waals surface area contributed by atoms with Gasteiger partial charge in [0, 0.05) is 60.7 Å². The predicted molar refractivity (Wildman–Crippen MR) is 127 cm³/mol. The molecule has 0 radical (unpaired) electrons. The fourth-order valence-corrected chi connectivity index (χ4v) is 5.13. The van der Waals surface area contributed by atoms with E-state index in [4.69, 9.17) is 5.73 Å². The summed E-state index contributed by atoms with van der Waals surface area (Å²) >= 11 is 0. The monoisotopic (exact) mass is 476 g/mol. The van der Waals surface area contributed by atoms with Gasteiger partial charge in [-0.25, -0.2) is 13.8 Å². The van der Waals surface area contributed by atoms with Gasteiger partial charge in [-0.3, -0.25) is 9.59 Å². The van der Waals surface area contributed by atoms with Gasteiger partial charge in [-0.15, -0.1) is 0 Å². The van der Waals surface area contributed by atoms with Crippen molar-refractivity contribution in [3.8, 4) is 11.1 Å². The second-order valence-electron chi connectivity index (χ2n) is 8.96. The van der Waals surface area contributed by atoms with Crippen LogP contribution in [0.3, 0.4) is 0 Å². The Kier molecular flexibility index (Phi) is 4.75. The molecule has 0 bridgehead atoms. The predicted octanol–water partition coefficient (Wildman–Crippen LogP) is 3.16. The number of hydrogen-bond donors (Lipinski definition) is 2. The number of nitrogens with one attached hydrogen (secondary N) is 1. The number of halogens is 2. The Morgan fingerprint density at radius 3 is 2.69 bits per heavy atom. The highest BCUT2D eigenvalue weighted by Gasteiger charge is 2.33. The second kappa shape index (κ2) is 7.74. The zero-order valence-electron chi connectivity index (χ0n) is 18.9. The first kappa shape index (κ1) is 21.5. The number of anilines is 2. The van der Waals surface area contributed by atoms with Crippen LogP contribution in [0, 0.1) is 11.6 Å². The van der Waals surface area contributed by atoms with Gasteiger partial charge >= 0.3 is 0 Å². The van der Waals surface area contributed by atoms with E-state index in [0.29, 0.717) is 42.8 Å². The maximum absolute atomic E-state index is 15.0. The van der Waals surface area contributed by atoms with Crippen LogP contribution in [0.2, 0.25) is 0 Å². The number of H-pyrrole nitrogens is 1. The normalized spacial score (nSPS) is 14.5. The fraction of sp³-hybridized carbons (Fsp3) is 0.240. The Morgan fingerprint density at radius 1 is 1.09 bits per heavy atom. The van der Waals surface area contributed by atoms with Gasteiger partial charge in [0.05, 0.1) is 18.4 Å². The highest BCUT2D eigenvalue weighted by molar-refractivity contribution is 6.06. The Bertz CT molecular complexity index is 1590. The van der Waals surface area contributed by atoms with Crippen LogP contribution in [-0.4, -0.2) is 38.4 Å². The first-order chi connectivity index (χ1) is 16.9. The van der Waals surface area contributed by atoms with Crippen LogP contribution in [0.1, 0.15) is 27.9 Å². The number of nitrogens with zero attached hydrogens (tertiary/aromatic N) is 4. The van der Waals surface area contributed by atoms with Crippen molar-refractivity contribution in [2.45, 2.75) is 19.5 Å². The molecule has 0 aliphatic carbocycles. The summed E-state index contributed by atoms with van der Waals surface area (Å²) < 4.78 is 30.2. The number of pyridine rings is 2. The minimum atomic E-state index is -0.819. The van der Waals surface area contributed by atoms with Crippen LogP contribution in [0.5, 0.6) is 0 Å². The molecular formula is C25H22F2N6O2. The first-order valence-electron chi connectivity index (χ1n) is 11.3. The van der Waals surface area contributed by atoms with Gasteiger partial charge < -0.3 is 25.1 Å². The molecule has 0 saturated carbocycles. The summed E-state index contributed by atoms with van der Waals surface area (Å²) in [4.78, 5) is 36.5. The molecule has 0 atom stereocenters. The fourth-order valence-electron chi connectivity index (χ4n) is 5.13. The summed E-state index contributed by atoms with van der Waals surface area (Å²) in [7, 11) is 1.67. The molecule has 3 N–H and O–H groups in total. The van der Waals surface area contributed by atoms with Crippen molar-refractivity contribution < 1.29 is 13.6 Å².